The molecule has 0 aromatic heterocycles. The van der Waals surface area contributed by atoms with E-state index in [0.29, 0.717) is 63.5 Å². The van der Waals surface area contributed by atoms with Crippen LogP contribution in [0.5, 0.6) is 0 Å². The fourth-order valence-electron chi connectivity index (χ4n) is 9.80. The zero-order valence-corrected chi connectivity index (χ0v) is 36.2. The molecule has 20 heteroatoms. The maximum Gasteiger partial charge on any atom is 0.376 e. The molecule has 13 nitrogen and oxygen atoms in total. The summed E-state index contributed by atoms with van der Waals surface area (Å²) in [4.78, 5) is 37.6. The molecule has 6 atom stereocenters. The first-order chi connectivity index (χ1) is 29.1. The zero-order valence-electron chi connectivity index (χ0n) is 35.4. The van der Waals surface area contributed by atoms with Crippen molar-refractivity contribution >= 4 is 67.9 Å². The summed E-state index contributed by atoms with van der Waals surface area (Å²) < 4.78 is 11.8. The van der Waals surface area contributed by atoms with Gasteiger partial charge in [-0.05, 0) is 94.1 Å². The number of benzene rings is 2. The van der Waals surface area contributed by atoms with E-state index in [9.17, 15) is 14.6 Å². The Hall–Kier alpha value is -3.24. The van der Waals surface area contributed by atoms with E-state index < -0.39 is 13.4 Å². The largest absolute Gasteiger partial charge is 0.437 e. The van der Waals surface area contributed by atoms with E-state index in [4.69, 9.17) is 43.2 Å². The van der Waals surface area contributed by atoms with E-state index in [0.717, 1.165) is 50.4 Å². The number of ether oxygens (including phenoxy) is 2. The minimum Gasteiger partial charge on any atom is -0.437 e. The van der Waals surface area contributed by atoms with Gasteiger partial charge in [0.2, 0.25) is 11.8 Å². The molecular formula is C41H56B6ClN8O5. The Balaban J connectivity index is 0.000000206. The lowest BCUT2D eigenvalue weighted by Crippen LogP contribution is -2.73. The van der Waals surface area contributed by atoms with Gasteiger partial charge in [0.15, 0.2) is 0 Å². The molecule has 2 aromatic rings. The quantitative estimate of drug-likeness (QED) is 0.343. The van der Waals surface area contributed by atoms with Gasteiger partial charge < -0.3 is 34.4 Å². The van der Waals surface area contributed by atoms with Crippen molar-refractivity contribution in [2.75, 3.05) is 78.8 Å². The van der Waals surface area contributed by atoms with Crippen LogP contribution in [0.25, 0.3) is 0 Å². The van der Waals surface area contributed by atoms with Crippen LogP contribution in [-0.2, 0) is 31.9 Å². The molecule has 0 spiro atoms. The van der Waals surface area contributed by atoms with Gasteiger partial charge in [-0.3, -0.25) is 19.4 Å². The van der Waals surface area contributed by atoms with Crippen molar-refractivity contribution in [2.45, 2.75) is 81.6 Å². The Kier molecular flexibility index (Phi) is 19.2. The molecule has 6 heterocycles. The summed E-state index contributed by atoms with van der Waals surface area (Å²) in [6, 6.07) is 19.8. The molecule has 61 heavy (non-hydrogen) atoms. The number of nitriles is 2. The van der Waals surface area contributed by atoms with Crippen LogP contribution < -0.4 is 5.32 Å². The lowest BCUT2D eigenvalue weighted by Gasteiger charge is -2.54. The maximum atomic E-state index is 13.4. The van der Waals surface area contributed by atoms with Crippen molar-refractivity contribution < 1.29 is 24.1 Å². The van der Waals surface area contributed by atoms with E-state index >= 15 is 0 Å². The van der Waals surface area contributed by atoms with Gasteiger partial charge in [0.25, 0.3) is 0 Å². The van der Waals surface area contributed by atoms with E-state index in [1.54, 1.807) is 25.0 Å². The average molecular weight is 841 g/mol. The fourth-order valence-corrected chi connectivity index (χ4v) is 9.80. The first kappa shape index (κ1) is 48.8. The molecule has 0 aliphatic carbocycles. The van der Waals surface area contributed by atoms with E-state index in [-0.39, 0.29) is 60.5 Å². The molecule has 2 aromatic carbocycles. The molecule has 2 amide bonds. The standard InChI is InChI=1S/C21H29BN4O3.C20H26N4O2.B5.ClH/c1-22(28)26-10-9-25(20(27)12-16-5-4-6-17(11-16)13-23)21-18(14-29-15-19(21)26)24-7-2-3-8-24;21-12-16-5-3-4-15(10-16)11-19(25)24-9-6-22-17-13-26-14-18(20(17)24)23-7-1-2-8-23;1-4-5(2)3;/h4-6,11,18-19,21,28H,2-3,7-10,12,14-15H2,1H3;3-5,10,17-18,20,22H,1-2,6-9,11,13-14H2;;1H/t18?,19-,21-;17-,18?,20+;;/m11../s1. The summed E-state index contributed by atoms with van der Waals surface area (Å²) in [5.41, 5.74) is 2.96. The normalized spacial score (nSPS) is 26.3. The number of carbonyl (C=O) groups excluding carboxylic acids is 2. The van der Waals surface area contributed by atoms with Gasteiger partial charge in [-0.2, -0.15) is 10.5 Å². The number of hydrogen-bond donors (Lipinski definition) is 2. The highest BCUT2D eigenvalue weighted by Crippen LogP contribution is 2.31. The zero-order chi connectivity index (χ0) is 42.6. The first-order valence-corrected chi connectivity index (χ1v) is 21.6. The summed E-state index contributed by atoms with van der Waals surface area (Å²) in [7, 11) is 15.2. The van der Waals surface area contributed by atoms with Crippen LogP contribution in [0.1, 0.15) is 47.9 Å². The molecule has 8 rings (SSSR count). The highest BCUT2D eigenvalue weighted by atomic mass is 35.5. The fraction of sp³-hybridized carbons (Fsp3) is 0.610. The molecule has 6 aliphatic heterocycles. The van der Waals surface area contributed by atoms with Crippen molar-refractivity contribution in [3.05, 3.63) is 70.8 Å². The lowest BCUT2D eigenvalue weighted by atomic mass is 8.97. The second-order valence-corrected chi connectivity index (χ2v) is 16.6. The van der Waals surface area contributed by atoms with Crippen LogP contribution in [0.3, 0.4) is 0 Å². The predicted octanol–water partition coefficient (Wildman–Crippen LogP) is -0.131. The number of likely N-dealkylation sites (tertiary alicyclic amines) is 2. The number of rotatable bonds is 8. The summed E-state index contributed by atoms with van der Waals surface area (Å²) in [5, 5.41) is 32.1. The lowest BCUT2D eigenvalue weighted by molar-refractivity contribution is -0.148. The van der Waals surface area contributed by atoms with Crippen molar-refractivity contribution in [2.24, 2.45) is 0 Å². The number of piperazine rings is 2. The van der Waals surface area contributed by atoms with Crippen LogP contribution in [0.4, 0.5) is 0 Å². The van der Waals surface area contributed by atoms with Gasteiger partial charge in [-0.15, -0.1) is 12.4 Å². The predicted molar refractivity (Wildman–Crippen MR) is 244 cm³/mol. The van der Waals surface area contributed by atoms with Gasteiger partial charge in [-0.1, -0.05) is 24.3 Å². The summed E-state index contributed by atoms with van der Waals surface area (Å²) in [6.45, 7) is 11.4. The topological polar surface area (TPSA) is 149 Å². The van der Waals surface area contributed by atoms with Crippen molar-refractivity contribution in [1.29, 1.82) is 10.5 Å². The smallest absolute Gasteiger partial charge is 0.376 e. The van der Waals surface area contributed by atoms with Gasteiger partial charge in [-0.25, -0.2) is 0 Å². The number of amides is 2. The Morgan fingerprint density at radius 2 is 1.25 bits per heavy atom. The number of fused-ring (bicyclic) bond motifs is 2. The Morgan fingerprint density at radius 3 is 1.74 bits per heavy atom. The number of carbonyl (C=O) groups is 2. The molecule has 6 fully saturated rings. The van der Waals surface area contributed by atoms with E-state index in [1.165, 1.54) is 32.7 Å². The molecule has 0 bridgehead atoms. The number of halogens is 1. The molecule has 315 valence electrons. The minimum atomic E-state index is -0.562. The molecule has 7 radical (unpaired) electrons. The van der Waals surface area contributed by atoms with Gasteiger partial charge in [0, 0.05) is 68.9 Å². The Labute approximate surface area is 374 Å². The van der Waals surface area contributed by atoms with Crippen molar-refractivity contribution in [3.8, 4) is 12.1 Å². The summed E-state index contributed by atoms with van der Waals surface area (Å²) >= 11 is 0. The molecule has 0 saturated carbocycles. The second-order valence-electron chi connectivity index (χ2n) is 16.6. The van der Waals surface area contributed by atoms with Crippen LogP contribution in [0.15, 0.2) is 48.5 Å². The third kappa shape index (κ3) is 12.7. The summed E-state index contributed by atoms with van der Waals surface area (Å²) in [5.74, 6) is 0.245. The van der Waals surface area contributed by atoms with Crippen molar-refractivity contribution in [3.63, 3.8) is 0 Å². The molecular weight excluding hydrogens is 785 g/mol. The van der Waals surface area contributed by atoms with Crippen molar-refractivity contribution in [1.82, 2.24) is 29.7 Å². The van der Waals surface area contributed by atoms with Crippen LogP contribution >= 0.6 is 12.4 Å². The first-order valence-electron chi connectivity index (χ1n) is 21.6. The van der Waals surface area contributed by atoms with Gasteiger partial charge in [0.05, 0.1) is 92.7 Å². The average Bonchev–Trinajstić information content (AvgIpc) is 4.02. The second kappa shape index (κ2) is 24.0. The monoisotopic (exact) mass is 841 g/mol. The number of nitrogens with one attached hydrogen (secondary N) is 1. The third-order valence-electron chi connectivity index (χ3n) is 12.6. The van der Waals surface area contributed by atoms with E-state index in [2.05, 4.69) is 37.0 Å². The highest BCUT2D eigenvalue weighted by molar-refractivity contribution is 7.60. The minimum absolute atomic E-state index is 0. The number of nitrogens with zero attached hydrogens (tertiary/aromatic N) is 7. The van der Waals surface area contributed by atoms with Crippen LogP contribution in [-0.4, -0.2) is 200 Å². The number of hydrogen-bond acceptors (Lipinski definition) is 11. The highest BCUT2D eigenvalue weighted by Gasteiger charge is 2.49. The maximum absolute atomic E-state index is 13.4. The molecule has 2 unspecified atom stereocenters. The van der Waals surface area contributed by atoms with Gasteiger partial charge >= 0.3 is 7.05 Å². The van der Waals surface area contributed by atoms with Gasteiger partial charge in [0.1, 0.15) is 0 Å². The SMILES string of the molecule is CB(O)N1CCN(C(=O)Cc2cccc(C#N)c2)[C@@H]2C(N3CCCC3)COC[C@H]21.Cl.N#Cc1cccc(CC(=O)N2CCN[C@@H]3COCC(N4CCCC4)[C@H]32)c1.[B][B]B([B])[B]. The Morgan fingerprint density at radius 1 is 0.770 bits per heavy atom. The van der Waals surface area contributed by atoms with Crippen LogP contribution in [0.2, 0.25) is 6.82 Å². The van der Waals surface area contributed by atoms with Crippen LogP contribution in [0, 0.1) is 22.7 Å². The van der Waals surface area contributed by atoms with E-state index in [1.807, 2.05) is 35.2 Å². The molecule has 6 aliphatic rings. The molecule has 6 saturated heterocycles. The summed E-state index contributed by atoms with van der Waals surface area (Å²) in [6.07, 6.45) is 5.01. The molecule has 2 N–H and O–H groups in total. The Bertz CT molecular complexity index is 1810. The third-order valence-corrected chi connectivity index (χ3v) is 12.6.